The van der Waals surface area contributed by atoms with Crippen LogP contribution in [-0.4, -0.2) is 9.13 Å². The Morgan fingerprint density at radius 2 is 0.661 bits per heavy atom. The van der Waals surface area contributed by atoms with Gasteiger partial charge in [0.05, 0.1) is 27.8 Å². The first kappa shape index (κ1) is 32.0. The molecule has 0 atom stereocenters. The molecule has 11 aromatic rings. The lowest BCUT2D eigenvalue weighted by Gasteiger charge is -2.14. The van der Waals surface area contributed by atoms with E-state index in [-0.39, 0.29) is 0 Å². The molecule has 2 heteroatoms. The van der Waals surface area contributed by atoms with Crippen molar-refractivity contribution in [3.63, 3.8) is 0 Å². The summed E-state index contributed by atoms with van der Waals surface area (Å²) in [6, 6.07) is 79.4. The molecule has 0 radical (unpaired) electrons. The molecule has 0 aliphatic carbocycles. The lowest BCUT2D eigenvalue weighted by Crippen LogP contribution is -1.97. The van der Waals surface area contributed by atoms with Crippen LogP contribution in [0.2, 0.25) is 0 Å². The highest BCUT2D eigenvalue weighted by Crippen LogP contribution is 2.44. The van der Waals surface area contributed by atoms with Gasteiger partial charge in [-0.2, -0.15) is 0 Å². The topological polar surface area (TPSA) is 9.86 Å². The lowest BCUT2D eigenvalue weighted by atomic mass is 9.96. The van der Waals surface area contributed by atoms with Gasteiger partial charge in [0, 0.05) is 32.8 Å². The van der Waals surface area contributed by atoms with E-state index in [2.05, 4.69) is 228 Å². The molecule has 9 aromatic carbocycles. The van der Waals surface area contributed by atoms with E-state index in [4.69, 9.17) is 0 Å². The van der Waals surface area contributed by atoms with Gasteiger partial charge in [0.15, 0.2) is 0 Å². The molecule has 0 fully saturated rings. The van der Waals surface area contributed by atoms with Crippen LogP contribution >= 0.6 is 0 Å². The fourth-order valence-electron chi connectivity index (χ4n) is 8.86. The van der Waals surface area contributed by atoms with E-state index < -0.39 is 0 Å². The first-order valence-corrected chi connectivity index (χ1v) is 19.3. The third-order valence-electron chi connectivity index (χ3n) is 11.3. The van der Waals surface area contributed by atoms with E-state index in [0.29, 0.717) is 0 Å². The summed E-state index contributed by atoms with van der Waals surface area (Å²) in [6.45, 7) is 0. The van der Waals surface area contributed by atoms with Crippen molar-refractivity contribution in [1.29, 1.82) is 0 Å². The third kappa shape index (κ3) is 5.11. The van der Waals surface area contributed by atoms with E-state index >= 15 is 0 Å². The molecule has 2 nitrogen and oxygen atoms in total. The van der Waals surface area contributed by atoms with Gasteiger partial charge in [-0.3, -0.25) is 0 Å². The summed E-state index contributed by atoms with van der Waals surface area (Å²) >= 11 is 0. The van der Waals surface area contributed by atoms with Crippen molar-refractivity contribution < 1.29 is 0 Å². The third-order valence-corrected chi connectivity index (χ3v) is 11.3. The number of hydrogen-bond acceptors (Lipinski definition) is 0. The predicted molar refractivity (Wildman–Crippen MR) is 237 cm³/mol. The van der Waals surface area contributed by atoms with Crippen molar-refractivity contribution in [1.82, 2.24) is 9.13 Å². The average molecular weight is 713 g/mol. The summed E-state index contributed by atoms with van der Waals surface area (Å²) in [5, 5.41) is 4.99. The number of rotatable bonds is 6. The smallest absolute Gasteiger partial charge is 0.0547 e. The maximum absolute atomic E-state index is 2.46. The van der Waals surface area contributed by atoms with Crippen molar-refractivity contribution in [2.45, 2.75) is 0 Å². The number of hydrogen-bond donors (Lipinski definition) is 0. The first-order chi connectivity index (χ1) is 27.8. The highest BCUT2D eigenvalue weighted by atomic mass is 15.0. The summed E-state index contributed by atoms with van der Waals surface area (Å²) in [4.78, 5) is 0. The first-order valence-electron chi connectivity index (χ1n) is 19.3. The van der Waals surface area contributed by atoms with Crippen LogP contribution in [0.25, 0.3) is 99.5 Å². The maximum Gasteiger partial charge on any atom is 0.0547 e. The molecule has 0 N–H and O–H groups in total. The zero-order chi connectivity index (χ0) is 37.0. The summed E-state index contributed by atoms with van der Waals surface area (Å²) in [5.74, 6) is 0. The van der Waals surface area contributed by atoms with Gasteiger partial charge in [0.25, 0.3) is 0 Å². The van der Waals surface area contributed by atoms with Gasteiger partial charge in [0.2, 0.25) is 0 Å². The molecule has 0 aliphatic rings. The van der Waals surface area contributed by atoms with E-state index in [1.165, 1.54) is 93.8 Å². The number of para-hydroxylation sites is 2. The van der Waals surface area contributed by atoms with Crippen LogP contribution in [0.3, 0.4) is 0 Å². The van der Waals surface area contributed by atoms with Crippen molar-refractivity contribution in [3.05, 3.63) is 218 Å². The molecule has 0 spiro atoms. The SMILES string of the molecule is c1ccc(-c2ccccc2-n2c3ccc(-c4ccc5c(c4)c4c(-c6ccccc6)cccc4n5-c4ccccc4)cc3c3c(-c4ccccc4)cccc32)cc1. The summed E-state index contributed by atoms with van der Waals surface area (Å²) in [5.41, 5.74) is 16.8. The molecule has 0 unspecified atom stereocenters. The molecule has 2 aromatic heterocycles. The Labute approximate surface area is 325 Å². The van der Waals surface area contributed by atoms with E-state index in [1.54, 1.807) is 0 Å². The molecular weight excluding hydrogens is 677 g/mol. The number of fused-ring (bicyclic) bond motifs is 6. The Morgan fingerprint density at radius 1 is 0.250 bits per heavy atom. The molecule has 0 saturated carbocycles. The monoisotopic (exact) mass is 712 g/mol. The highest BCUT2D eigenvalue weighted by molar-refractivity contribution is 6.18. The molecular formula is C54H36N2. The van der Waals surface area contributed by atoms with Crippen LogP contribution in [0, 0.1) is 0 Å². The van der Waals surface area contributed by atoms with Gasteiger partial charge in [0.1, 0.15) is 0 Å². The Kier molecular flexibility index (Phi) is 7.53. The minimum atomic E-state index is 1.16. The van der Waals surface area contributed by atoms with Gasteiger partial charge in [-0.1, -0.05) is 164 Å². The normalized spacial score (nSPS) is 11.6. The van der Waals surface area contributed by atoms with Gasteiger partial charge < -0.3 is 9.13 Å². The van der Waals surface area contributed by atoms with E-state index in [0.717, 1.165) is 5.69 Å². The minimum absolute atomic E-state index is 1.16. The Balaban J connectivity index is 1.19. The average Bonchev–Trinajstić information content (AvgIpc) is 3.80. The van der Waals surface area contributed by atoms with Gasteiger partial charge in [-0.25, -0.2) is 0 Å². The van der Waals surface area contributed by atoms with Crippen molar-refractivity contribution >= 4 is 43.6 Å². The van der Waals surface area contributed by atoms with Crippen molar-refractivity contribution in [2.24, 2.45) is 0 Å². The van der Waals surface area contributed by atoms with Crippen LogP contribution in [0.4, 0.5) is 0 Å². The number of aromatic nitrogens is 2. The van der Waals surface area contributed by atoms with Crippen LogP contribution in [0.5, 0.6) is 0 Å². The molecule has 262 valence electrons. The molecule has 56 heavy (non-hydrogen) atoms. The number of nitrogens with zero attached hydrogens (tertiary/aromatic N) is 2. The Hall–Kier alpha value is -7.42. The largest absolute Gasteiger partial charge is 0.309 e. The van der Waals surface area contributed by atoms with Crippen LogP contribution < -0.4 is 0 Å². The molecule has 11 rings (SSSR count). The van der Waals surface area contributed by atoms with E-state index in [1.807, 2.05) is 0 Å². The second-order valence-corrected chi connectivity index (χ2v) is 14.5. The highest BCUT2D eigenvalue weighted by Gasteiger charge is 2.21. The van der Waals surface area contributed by atoms with Crippen LogP contribution in [0.15, 0.2) is 218 Å². The summed E-state index contributed by atoms with van der Waals surface area (Å²) < 4.78 is 4.88. The van der Waals surface area contributed by atoms with Crippen LogP contribution in [0.1, 0.15) is 0 Å². The quantitative estimate of drug-likeness (QED) is 0.162. The zero-order valence-corrected chi connectivity index (χ0v) is 30.7. The molecule has 0 bridgehead atoms. The zero-order valence-electron chi connectivity index (χ0n) is 30.7. The lowest BCUT2D eigenvalue weighted by molar-refractivity contribution is 1.18. The summed E-state index contributed by atoms with van der Waals surface area (Å²) in [6.07, 6.45) is 0. The van der Waals surface area contributed by atoms with Gasteiger partial charge in [-0.05, 0) is 93.5 Å². The predicted octanol–water partition coefficient (Wildman–Crippen LogP) is 14.5. The fourth-order valence-corrected chi connectivity index (χ4v) is 8.86. The number of benzene rings is 9. The van der Waals surface area contributed by atoms with Crippen molar-refractivity contribution in [2.75, 3.05) is 0 Å². The molecule has 0 aliphatic heterocycles. The van der Waals surface area contributed by atoms with E-state index in [9.17, 15) is 0 Å². The molecule has 0 saturated heterocycles. The Bertz CT molecular complexity index is 3210. The fraction of sp³-hybridized carbons (Fsp3) is 0. The Morgan fingerprint density at radius 3 is 1.20 bits per heavy atom. The standard InChI is InChI=1S/C54H36N2/c1-5-17-37(18-6-1)43-25-13-14-28-48(43)56-50-34-32-41(36-47(50)54-45(27-16-30-52(54)56)39-21-9-3-10-22-39)40-31-33-49-46(35-40)53-44(38-19-7-2-8-20-38)26-15-29-51(53)55(49)42-23-11-4-12-24-42/h1-36H. The van der Waals surface area contributed by atoms with Gasteiger partial charge in [-0.15, -0.1) is 0 Å². The minimum Gasteiger partial charge on any atom is -0.309 e. The van der Waals surface area contributed by atoms with Crippen LogP contribution in [-0.2, 0) is 0 Å². The molecule has 0 amide bonds. The van der Waals surface area contributed by atoms with Crippen molar-refractivity contribution in [3.8, 4) is 55.9 Å². The second-order valence-electron chi connectivity index (χ2n) is 14.5. The molecule has 2 heterocycles. The summed E-state index contributed by atoms with van der Waals surface area (Å²) in [7, 11) is 0. The maximum atomic E-state index is 2.46. The van der Waals surface area contributed by atoms with Gasteiger partial charge >= 0.3 is 0 Å². The second kappa shape index (κ2) is 13.2.